The molecule has 30 heavy (non-hydrogen) atoms. The van der Waals surface area contributed by atoms with Crippen molar-refractivity contribution in [3.8, 4) is 5.75 Å². The Balaban J connectivity index is 1.61. The van der Waals surface area contributed by atoms with Crippen LogP contribution in [0.3, 0.4) is 0 Å². The number of hydrogen-bond donors (Lipinski definition) is 2. The van der Waals surface area contributed by atoms with E-state index in [4.69, 9.17) is 9.47 Å². The molecule has 0 aliphatic rings. The van der Waals surface area contributed by atoms with Crippen LogP contribution in [0, 0.1) is 0 Å². The Morgan fingerprint density at radius 2 is 1.53 bits per heavy atom. The van der Waals surface area contributed by atoms with E-state index in [1.54, 1.807) is 62.6 Å². The molecule has 0 bridgehead atoms. The van der Waals surface area contributed by atoms with Gasteiger partial charge in [-0.2, -0.15) is 0 Å². The largest absolute Gasteiger partial charge is 0.497 e. The summed E-state index contributed by atoms with van der Waals surface area (Å²) in [4.78, 5) is 25.0. The van der Waals surface area contributed by atoms with Gasteiger partial charge in [-0.15, -0.1) is 0 Å². The first-order valence-electron chi connectivity index (χ1n) is 9.57. The highest BCUT2D eigenvalue weighted by molar-refractivity contribution is 6.07. The van der Waals surface area contributed by atoms with E-state index in [-0.39, 0.29) is 18.4 Å². The average molecular weight is 404 g/mol. The second kappa shape index (κ2) is 10.2. The van der Waals surface area contributed by atoms with Crippen molar-refractivity contribution in [2.24, 2.45) is 0 Å². The summed E-state index contributed by atoms with van der Waals surface area (Å²) < 4.78 is 10.9. The molecule has 0 radical (unpaired) electrons. The molecule has 0 aliphatic carbocycles. The van der Waals surface area contributed by atoms with E-state index in [1.807, 2.05) is 30.3 Å². The van der Waals surface area contributed by atoms with E-state index in [2.05, 4.69) is 10.6 Å². The van der Waals surface area contributed by atoms with Crippen molar-refractivity contribution in [2.75, 3.05) is 17.7 Å². The van der Waals surface area contributed by atoms with E-state index in [1.165, 1.54) is 0 Å². The van der Waals surface area contributed by atoms with E-state index in [0.717, 1.165) is 11.3 Å². The molecule has 3 rings (SSSR count). The van der Waals surface area contributed by atoms with E-state index in [0.29, 0.717) is 16.9 Å². The third-order valence-electron chi connectivity index (χ3n) is 4.47. The molecule has 0 aromatic heterocycles. The summed E-state index contributed by atoms with van der Waals surface area (Å²) in [7, 11) is 1.60. The SMILES string of the molecule is COc1cccc(COC(C)C(=O)Nc2ccccc2NC(=O)c2ccccc2)c1. The number of nitrogens with one attached hydrogen (secondary N) is 2. The summed E-state index contributed by atoms with van der Waals surface area (Å²) in [6.07, 6.45) is -0.686. The highest BCUT2D eigenvalue weighted by atomic mass is 16.5. The van der Waals surface area contributed by atoms with Crippen molar-refractivity contribution in [1.82, 2.24) is 0 Å². The first kappa shape index (κ1) is 21.1. The summed E-state index contributed by atoms with van der Waals surface area (Å²) in [6.45, 7) is 1.96. The first-order valence-corrected chi connectivity index (χ1v) is 9.57. The molecular formula is C24H24N2O4. The lowest BCUT2D eigenvalue weighted by Gasteiger charge is -2.16. The third kappa shape index (κ3) is 5.68. The van der Waals surface area contributed by atoms with Gasteiger partial charge in [-0.25, -0.2) is 0 Å². The Morgan fingerprint density at radius 1 is 0.867 bits per heavy atom. The molecule has 154 valence electrons. The second-order valence-corrected chi connectivity index (χ2v) is 6.66. The monoisotopic (exact) mass is 404 g/mol. The Labute approximate surface area is 175 Å². The molecular weight excluding hydrogens is 380 g/mol. The van der Waals surface area contributed by atoms with Crippen LogP contribution in [0.15, 0.2) is 78.9 Å². The number of benzene rings is 3. The summed E-state index contributed by atoms with van der Waals surface area (Å²) >= 11 is 0. The molecule has 1 atom stereocenters. The maximum Gasteiger partial charge on any atom is 0.255 e. The fourth-order valence-corrected chi connectivity index (χ4v) is 2.78. The van der Waals surface area contributed by atoms with Gasteiger partial charge < -0.3 is 20.1 Å². The zero-order valence-corrected chi connectivity index (χ0v) is 16.9. The lowest BCUT2D eigenvalue weighted by molar-refractivity contribution is -0.127. The minimum atomic E-state index is -0.686. The standard InChI is InChI=1S/C24H24N2O4/c1-17(30-16-18-9-8-12-20(15-18)29-2)23(27)25-21-13-6-7-14-22(21)26-24(28)19-10-4-3-5-11-19/h3-15,17H,16H2,1-2H3,(H,25,27)(H,26,28). The fourth-order valence-electron chi connectivity index (χ4n) is 2.78. The van der Waals surface area contributed by atoms with Crippen LogP contribution >= 0.6 is 0 Å². The van der Waals surface area contributed by atoms with Crippen molar-refractivity contribution in [3.05, 3.63) is 90.0 Å². The quantitative estimate of drug-likeness (QED) is 0.580. The van der Waals surface area contributed by atoms with Crippen molar-refractivity contribution in [2.45, 2.75) is 19.6 Å². The number of rotatable bonds is 8. The van der Waals surface area contributed by atoms with Crippen LogP contribution in [0.5, 0.6) is 5.75 Å². The van der Waals surface area contributed by atoms with Crippen LogP contribution in [-0.2, 0) is 16.1 Å². The molecule has 3 aromatic carbocycles. The lowest BCUT2D eigenvalue weighted by Crippen LogP contribution is -2.28. The predicted molar refractivity (Wildman–Crippen MR) is 117 cm³/mol. The maximum atomic E-state index is 12.6. The number of para-hydroxylation sites is 2. The summed E-state index contributed by atoms with van der Waals surface area (Å²) in [5.41, 5.74) is 2.46. The molecule has 0 spiro atoms. The molecule has 0 saturated heterocycles. The average Bonchev–Trinajstić information content (AvgIpc) is 2.79. The van der Waals surface area contributed by atoms with Crippen LogP contribution < -0.4 is 15.4 Å². The van der Waals surface area contributed by atoms with E-state index >= 15 is 0 Å². The van der Waals surface area contributed by atoms with Crippen LogP contribution in [-0.4, -0.2) is 25.0 Å². The molecule has 0 saturated carbocycles. The van der Waals surface area contributed by atoms with Crippen LogP contribution in [0.4, 0.5) is 11.4 Å². The molecule has 0 heterocycles. The first-order chi connectivity index (χ1) is 14.6. The number of amides is 2. The van der Waals surface area contributed by atoms with Crippen LogP contribution in [0.25, 0.3) is 0 Å². The smallest absolute Gasteiger partial charge is 0.255 e. The maximum absolute atomic E-state index is 12.6. The summed E-state index contributed by atoms with van der Waals surface area (Å²) in [5.74, 6) is 0.176. The normalized spacial score (nSPS) is 11.4. The number of hydrogen-bond acceptors (Lipinski definition) is 4. The molecule has 3 aromatic rings. The number of carbonyl (C=O) groups is 2. The Hall–Kier alpha value is -3.64. The Morgan fingerprint density at radius 3 is 2.23 bits per heavy atom. The van der Waals surface area contributed by atoms with Gasteiger partial charge in [-0.05, 0) is 48.9 Å². The van der Waals surface area contributed by atoms with Crippen molar-refractivity contribution < 1.29 is 19.1 Å². The van der Waals surface area contributed by atoms with Gasteiger partial charge in [0.15, 0.2) is 0 Å². The van der Waals surface area contributed by atoms with Gasteiger partial charge in [0.2, 0.25) is 0 Å². The van der Waals surface area contributed by atoms with Crippen molar-refractivity contribution >= 4 is 23.2 Å². The highest BCUT2D eigenvalue weighted by Gasteiger charge is 2.16. The third-order valence-corrected chi connectivity index (χ3v) is 4.47. The molecule has 1 unspecified atom stereocenters. The van der Waals surface area contributed by atoms with Gasteiger partial charge in [0.1, 0.15) is 11.9 Å². The van der Waals surface area contributed by atoms with Gasteiger partial charge >= 0.3 is 0 Å². The summed E-state index contributed by atoms with van der Waals surface area (Å²) in [5, 5.41) is 5.66. The van der Waals surface area contributed by atoms with Gasteiger partial charge in [0.25, 0.3) is 11.8 Å². The van der Waals surface area contributed by atoms with Gasteiger partial charge in [0.05, 0.1) is 25.1 Å². The fraction of sp³-hybridized carbons (Fsp3) is 0.167. The van der Waals surface area contributed by atoms with Gasteiger partial charge in [-0.3, -0.25) is 9.59 Å². The van der Waals surface area contributed by atoms with Crippen molar-refractivity contribution in [3.63, 3.8) is 0 Å². The lowest BCUT2D eigenvalue weighted by atomic mass is 10.2. The zero-order chi connectivity index (χ0) is 21.3. The zero-order valence-electron chi connectivity index (χ0n) is 16.9. The molecule has 6 heteroatoms. The van der Waals surface area contributed by atoms with E-state index < -0.39 is 6.10 Å². The number of anilines is 2. The Bertz CT molecular complexity index is 1000. The molecule has 2 amide bonds. The minimum Gasteiger partial charge on any atom is -0.497 e. The second-order valence-electron chi connectivity index (χ2n) is 6.66. The van der Waals surface area contributed by atoms with Crippen LogP contribution in [0.1, 0.15) is 22.8 Å². The van der Waals surface area contributed by atoms with Crippen LogP contribution in [0.2, 0.25) is 0 Å². The topological polar surface area (TPSA) is 76.7 Å². The number of ether oxygens (including phenoxy) is 2. The number of methoxy groups -OCH3 is 1. The predicted octanol–water partition coefficient (Wildman–Crippen LogP) is 4.49. The van der Waals surface area contributed by atoms with Gasteiger partial charge in [-0.1, -0.05) is 42.5 Å². The summed E-state index contributed by atoms with van der Waals surface area (Å²) in [6, 6.07) is 23.4. The molecule has 0 aliphatic heterocycles. The molecule has 0 fully saturated rings. The van der Waals surface area contributed by atoms with Gasteiger partial charge in [0, 0.05) is 5.56 Å². The molecule has 2 N–H and O–H groups in total. The van der Waals surface area contributed by atoms with Crippen molar-refractivity contribution in [1.29, 1.82) is 0 Å². The Kier molecular flexibility index (Phi) is 7.19. The highest BCUT2D eigenvalue weighted by Crippen LogP contribution is 2.22. The van der Waals surface area contributed by atoms with E-state index in [9.17, 15) is 9.59 Å². The minimum absolute atomic E-state index is 0.250. The number of carbonyl (C=O) groups excluding carboxylic acids is 2. The molecule has 6 nitrogen and oxygen atoms in total.